The van der Waals surface area contributed by atoms with Crippen LogP contribution in [-0.2, 0) is 6.61 Å². The zero-order valence-electron chi connectivity index (χ0n) is 10.7. The molecule has 7 heteroatoms. The SMILES string of the molecule is Clc1cccc(Cl)c1-c1nsnc1OCc1ccccn1. The molecule has 2 heterocycles. The number of ether oxygens (including phenoxy) is 1. The number of nitrogens with zero attached hydrogens (tertiary/aromatic N) is 3. The topological polar surface area (TPSA) is 47.9 Å². The molecule has 0 saturated carbocycles. The van der Waals surface area contributed by atoms with Crippen molar-refractivity contribution in [2.75, 3.05) is 0 Å². The molecule has 0 radical (unpaired) electrons. The second-order valence-corrected chi connectivity index (χ2v) is 5.47. The summed E-state index contributed by atoms with van der Waals surface area (Å²) < 4.78 is 14.1. The molecule has 0 atom stereocenters. The number of hydrogen-bond donors (Lipinski definition) is 0. The molecule has 21 heavy (non-hydrogen) atoms. The summed E-state index contributed by atoms with van der Waals surface area (Å²) in [4.78, 5) is 4.19. The first-order valence-corrected chi connectivity index (χ1v) is 7.54. The molecule has 0 saturated heterocycles. The fourth-order valence-electron chi connectivity index (χ4n) is 1.78. The van der Waals surface area contributed by atoms with Gasteiger partial charge in [-0.1, -0.05) is 35.3 Å². The Morgan fingerprint density at radius 3 is 2.52 bits per heavy atom. The van der Waals surface area contributed by atoms with Crippen LogP contribution in [0.1, 0.15) is 5.69 Å². The maximum atomic E-state index is 6.19. The monoisotopic (exact) mass is 337 g/mol. The van der Waals surface area contributed by atoms with E-state index in [1.807, 2.05) is 18.2 Å². The third kappa shape index (κ3) is 3.15. The summed E-state index contributed by atoms with van der Waals surface area (Å²) in [5.74, 6) is 0.403. The van der Waals surface area contributed by atoms with Crippen molar-refractivity contribution in [2.45, 2.75) is 6.61 Å². The van der Waals surface area contributed by atoms with Crippen LogP contribution >= 0.6 is 34.9 Å². The number of aromatic nitrogens is 3. The third-order valence-electron chi connectivity index (χ3n) is 2.74. The van der Waals surface area contributed by atoms with Crippen molar-refractivity contribution in [3.8, 4) is 17.1 Å². The normalized spacial score (nSPS) is 10.6. The lowest BCUT2D eigenvalue weighted by molar-refractivity contribution is 0.293. The Hall–Kier alpha value is -1.69. The highest BCUT2D eigenvalue weighted by molar-refractivity contribution is 6.99. The van der Waals surface area contributed by atoms with Gasteiger partial charge < -0.3 is 4.74 Å². The van der Waals surface area contributed by atoms with E-state index in [1.165, 1.54) is 0 Å². The fourth-order valence-corrected chi connectivity index (χ4v) is 2.86. The number of benzene rings is 1. The number of hydrogen-bond acceptors (Lipinski definition) is 5. The smallest absolute Gasteiger partial charge is 0.254 e. The molecule has 0 N–H and O–H groups in total. The zero-order valence-corrected chi connectivity index (χ0v) is 13.0. The molecule has 0 aliphatic rings. The maximum absolute atomic E-state index is 6.19. The molecule has 3 rings (SSSR count). The molecule has 0 spiro atoms. The predicted octanol–water partition coefficient (Wildman–Crippen LogP) is 4.49. The van der Waals surface area contributed by atoms with Gasteiger partial charge in [-0.05, 0) is 24.3 Å². The molecule has 2 aromatic heterocycles. The average Bonchev–Trinajstić information content (AvgIpc) is 2.94. The molecule has 0 amide bonds. The van der Waals surface area contributed by atoms with Crippen LogP contribution < -0.4 is 4.74 Å². The summed E-state index contributed by atoms with van der Waals surface area (Å²) in [5.41, 5.74) is 1.99. The Bertz CT molecular complexity index is 729. The standard InChI is InChI=1S/C14H9Cl2N3OS/c15-10-5-3-6-11(16)12(10)13-14(19-21-18-13)20-8-9-4-1-2-7-17-9/h1-7H,8H2. The Balaban J connectivity index is 1.88. The summed E-state index contributed by atoms with van der Waals surface area (Å²) in [6.07, 6.45) is 1.71. The molecule has 0 aliphatic heterocycles. The van der Waals surface area contributed by atoms with E-state index >= 15 is 0 Å². The summed E-state index contributed by atoms with van der Waals surface area (Å²) in [6.45, 7) is 0.307. The first-order valence-electron chi connectivity index (χ1n) is 6.05. The Morgan fingerprint density at radius 1 is 1.00 bits per heavy atom. The quantitative estimate of drug-likeness (QED) is 0.703. The van der Waals surface area contributed by atoms with E-state index < -0.39 is 0 Å². The van der Waals surface area contributed by atoms with Crippen molar-refractivity contribution in [3.63, 3.8) is 0 Å². The van der Waals surface area contributed by atoms with Crippen molar-refractivity contribution >= 4 is 34.9 Å². The Kier molecular flexibility index (Phi) is 4.34. The van der Waals surface area contributed by atoms with Gasteiger partial charge in [0.15, 0.2) is 5.69 Å². The van der Waals surface area contributed by atoms with E-state index in [2.05, 4.69) is 13.7 Å². The first kappa shape index (κ1) is 14.3. The highest BCUT2D eigenvalue weighted by Gasteiger charge is 2.18. The van der Waals surface area contributed by atoms with E-state index in [0.717, 1.165) is 17.4 Å². The van der Waals surface area contributed by atoms with Crippen molar-refractivity contribution in [3.05, 3.63) is 58.3 Å². The van der Waals surface area contributed by atoms with E-state index in [0.29, 0.717) is 33.8 Å². The van der Waals surface area contributed by atoms with E-state index in [4.69, 9.17) is 27.9 Å². The molecule has 1 aromatic carbocycles. The number of rotatable bonds is 4. The van der Waals surface area contributed by atoms with Crippen LogP contribution in [0.2, 0.25) is 10.0 Å². The van der Waals surface area contributed by atoms with Crippen molar-refractivity contribution in [2.24, 2.45) is 0 Å². The average molecular weight is 338 g/mol. The number of pyridine rings is 1. The molecule has 0 bridgehead atoms. The Labute approximate surface area is 135 Å². The van der Waals surface area contributed by atoms with Gasteiger partial charge in [0.2, 0.25) is 0 Å². The minimum Gasteiger partial charge on any atom is -0.469 e. The second-order valence-electron chi connectivity index (χ2n) is 4.12. The van der Waals surface area contributed by atoms with Gasteiger partial charge in [-0.25, -0.2) is 0 Å². The van der Waals surface area contributed by atoms with E-state index in [9.17, 15) is 0 Å². The van der Waals surface area contributed by atoms with Gasteiger partial charge in [-0.3, -0.25) is 4.98 Å². The lowest BCUT2D eigenvalue weighted by Crippen LogP contribution is -1.99. The highest BCUT2D eigenvalue weighted by Crippen LogP contribution is 2.38. The molecule has 0 aliphatic carbocycles. The minimum absolute atomic E-state index is 0.307. The van der Waals surface area contributed by atoms with Crippen LogP contribution in [0.4, 0.5) is 0 Å². The van der Waals surface area contributed by atoms with Crippen LogP contribution in [0.25, 0.3) is 11.3 Å². The van der Waals surface area contributed by atoms with Crippen LogP contribution in [-0.4, -0.2) is 13.7 Å². The van der Waals surface area contributed by atoms with Gasteiger partial charge in [0, 0.05) is 11.8 Å². The van der Waals surface area contributed by atoms with Crippen molar-refractivity contribution in [1.82, 2.24) is 13.7 Å². The second kappa shape index (κ2) is 6.39. The molecule has 106 valence electrons. The lowest BCUT2D eigenvalue weighted by atomic mass is 10.1. The largest absolute Gasteiger partial charge is 0.469 e. The van der Waals surface area contributed by atoms with Crippen LogP contribution in [0.15, 0.2) is 42.6 Å². The van der Waals surface area contributed by atoms with Gasteiger partial charge in [0.05, 0.1) is 27.5 Å². The van der Waals surface area contributed by atoms with E-state index in [1.54, 1.807) is 24.4 Å². The summed E-state index contributed by atoms with van der Waals surface area (Å²) in [6, 6.07) is 10.9. The van der Waals surface area contributed by atoms with Gasteiger partial charge in [-0.15, -0.1) is 4.37 Å². The molecule has 0 fully saturated rings. The first-order chi connectivity index (χ1) is 10.3. The summed E-state index contributed by atoms with van der Waals surface area (Å²) >= 11 is 13.4. The molecular formula is C14H9Cl2N3OS. The van der Waals surface area contributed by atoms with Crippen molar-refractivity contribution < 1.29 is 4.74 Å². The lowest BCUT2D eigenvalue weighted by Gasteiger charge is -2.07. The Morgan fingerprint density at radius 2 is 1.81 bits per heavy atom. The predicted molar refractivity (Wildman–Crippen MR) is 83.9 cm³/mol. The van der Waals surface area contributed by atoms with Gasteiger partial charge in [0.25, 0.3) is 5.88 Å². The van der Waals surface area contributed by atoms with Gasteiger partial charge in [-0.2, -0.15) is 4.37 Å². The van der Waals surface area contributed by atoms with Crippen molar-refractivity contribution in [1.29, 1.82) is 0 Å². The van der Waals surface area contributed by atoms with Crippen LogP contribution in [0.3, 0.4) is 0 Å². The highest BCUT2D eigenvalue weighted by atomic mass is 35.5. The molecule has 0 unspecified atom stereocenters. The summed E-state index contributed by atoms with van der Waals surface area (Å²) in [7, 11) is 0. The fraction of sp³-hybridized carbons (Fsp3) is 0.0714. The molecule has 4 nitrogen and oxygen atoms in total. The zero-order chi connectivity index (χ0) is 14.7. The van der Waals surface area contributed by atoms with Crippen LogP contribution in [0, 0.1) is 0 Å². The third-order valence-corrected chi connectivity index (χ3v) is 3.88. The molecule has 3 aromatic rings. The van der Waals surface area contributed by atoms with Gasteiger partial charge >= 0.3 is 0 Å². The van der Waals surface area contributed by atoms with Crippen LogP contribution in [0.5, 0.6) is 5.88 Å². The van der Waals surface area contributed by atoms with E-state index in [-0.39, 0.29) is 0 Å². The molecular weight excluding hydrogens is 329 g/mol. The van der Waals surface area contributed by atoms with Gasteiger partial charge in [0.1, 0.15) is 6.61 Å². The maximum Gasteiger partial charge on any atom is 0.254 e. The summed E-state index contributed by atoms with van der Waals surface area (Å²) in [5, 5.41) is 1.02. The number of halogens is 2. The minimum atomic E-state index is 0.307.